The maximum atomic E-state index is 10.5. The van der Waals surface area contributed by atoms with Crippen LogP contribution in [-0.2, 0) is 0 Å². The van der Waals surface area contributed by atoms with Gasteiger partial charge >= 0.3 is 0 Å². The molecule has 1 fully saturated rings. The topological polar surface area (TPSA) is 27.5 Å². The molecule has 2 unspecified atom stereocenters. The molecule has 1 aliphatic rings. The Bertz CT molecular complexity index is 66.7. The van der Waals surface area contributed by atoms with Crippen LogP contribution in [0.5, 0.6) is 0 Å². The van der Waals surface area contributed by atoms with Crippen molar-refractivity contribution >= 4 is 22.6 Å². The zero-order valence-corrected chi connectivity index (χ0v) is 6.14. The van der Waals surface area contributed by atoms with Crippen molar-refractivity contribution in [1.29, 1.82) is 0 Å². The average molecular weight is 213 g/mol. The largest absolute Gasteiger partial charge is 0.634 e. The number of hydrogen-bond donors (Lipinski definition) is 1. The van der Waals surface area contributed by atoms with E-state index in [4.69, 9.17) is 0 Å². The average Bonchev–Trinajstić information content (AvgIpc) is 1.65. The van der Waals surface area contributed by atoms with Gasteiger partial charge in [0.25, 0.3) is 0 Å². The molecule has 0 saturated carbocycles. The van der Waals surface area contributed by atoms with Crippen LogP contribution in [0, 0.1) is 5.21 Å². The Morgan fingerprint density at radius 1 is 1.86 bits per heavy atom. The van der Waals surface area contributed by atoms with E-state index in [1.165, 1.54) is 0 Å². The SMILES string of the molecule is [O-][NH+]1CCC1CI. The second-order valence-electron chi connectivity index (χ2n) is 1.86. The summed E-state index contributed by atoms with van der Waals surface area (Å²) >= 11 is 2.26. The molecule has 2 atom stereocenters. The lowest BCUT2D eigenvalue weighted by atomic mass is 10.1. The van der Waals surface area contributed by atoms with E-state index < -0.39 is 0 Å². The quantitative estimate of drug-likeness (QED) is 0.357. The van der Waals surface area contributed by atoms with Crippen LogP contribution >= 0.6 is 22.6 Å². The third-order valence-corrected chi connectivity index (χ3v) is 2.44. The van der Waals surface area contributed by atoms with Gasteiger partial charge in [0.1, 0.15) is 6.04 Å². The second-order valence-corrected chi connectivity index (χ2v) is 2.74. The molecule has 0 radical (unpaired) electrons. The van der Waals surface area contributed by atoms with Crippen LogP contribution in [0.15, 0.2) is 0 Å². The molecule has 0 bridgehead atoms. The first-order valence-electron chi connectivity index (χ1n) is 2.43. The molecule has 0 aromatic heterocycles. The van der Waals surface area contributed by atoms with E-state index in [1.807, 2.05) is 0 Å². The van der Waals surface area contributed by atoms with Crippen molar-refractivity contribution in [3.8, 4) is 0 Å². The molecule has 1 heterocycles. The predicted molar refractivity (Wildman–Crippen MR) is 36.5 cm³/mol. The monoisotopic (exact) mass is 213 g/mol. The first-order chi connectivity index (χ1) is 3.34. The standard InChI is InChI=1S/C4H8INO/c5-3-4-1-2-6(4)7/h4,6H,1-3H2. The van der Waals surface area contributed by atoms with Gasteiger partial charge in [0.2, 0.25) is 0 Å². The highest BCUT2D eigenvalue weighted by molar-refractivity contribution is 14.1. The predicted octanol–water partition coefficient (Wildman–Crippen LogP) is -0.424. The van der Waals surface area contributed by atoms with Gasteiger partial charge in [0.15, 0.2) is 0 Å². The maximum absolute atomic E-state index is 10.5. The summed E-state index contributed by atoms with van der Waals surface area (Å²) in [6.07, 6.45) is 1.14. The highest BCUT2D eigenvalue weighted by Gasteiger charge is 2.23. The van der Waals surface area contributed by atoms with E-state index in [0.717, 1.165) is 17.4 Å². The summed E-state index contributed by atoms with van der Waals surface area (Å²) in [7, 11) is 0. The maximum Gasteiger partial charge on any atom is 0.102 e. The molecule has 3 heteroatoms. The molecular formula is C4H8INO. The lowest BCUT2D eigenvalue weighted by molar-refractivity contribution is -0.916. The molecule has 1 N–H and O–H groups in total. The normalized spacial score (nSPS) is 40.3. The van der Waals surface area contributed by atoms with Crippen LogP contribution in [0.1, 0.15) is 6.42 Å². The fourth-order valence-electron chi connectivity index (χ4n) is 0.630. The van der Waals surface area contributed by atoms with Crippen LogP contribution < -0.4 is 5.06 Å². The smallest absolute Gasteiger partial charge is 0.102 e. The summed E-state index contributed by atoms with van der Waals surface area (Å²) in [4.78, 5) is 0. The molecule has 0 amide bonds. The van der Waals surface area contributed by atoms with E-state index >= 15 is 0 Å². The molecule has 0 aromatic rings. The van der Waals surface area contributed by atoms with Gasteiger partial charge in [0, 0.05) is 0 Å². The number of alkyl halides is 1. The number of halogens is 1. The van der Waals surface area contributed by atoms with Gasteiger partial charge in [-0.3, -0.25) is 0 Å². The zero-order chi connectivity index (χ0) is 5.28. The Kier molecular flexibility index (Phi) is 1.88. The lowest BCUT2D eigenvalue weighted by Crippen LogP contribution is -3.18. The Labute approximate surface area is 56.6 Å². The summed E-state index contributed by atoms with van der Waals surface area (Å²) in [5.74, 6) is 0. The van der Waals surface area contributed by atoms with Gasteiger partial charge < -0.3 is 10.3 Å². The highest BCUT2D eigenvalue weighted by Crippen LogP contribution is 1.97. The van der Waals surface area contributed by atoms with Crippen molar-refractivity contribution in [2.75, 3.05) is 11.0 Å². The number of rotatable bonds is 1. The van der Waals surface area contributed by atoms with Crippen LogP contribution in [0.2, 0.25) is 0 Å². The van der Waals surface area contributed by atoms with E-state index in [1.54, 1.807) is 0 Å². The number of nitrogens with one attached hydrogen (secondary N) is 1. The lowest BCUT2D eigenvalue weighted by Gasteiger charge is -2.39. The van der Waals surface area contributed by atoms with Crippen molar-refractivity contribution in [1.82, 2.24) is 0 Å². The molecule has 0 spiro atoms. The van der Waals surface area contributed by atoms with E-state index in [9.17, 15) is 5.21 Å². The Morgan fingerprint density at radius 3 is 2.57 bits per heavy atom. The minimum absolute atomic E-state index is 0.431. The number of hydrogen-bond acceptors (Lipinski definition) is 1. The van der Waals surface area contributed by atoms with Crippen LogP contribution in [0.4, 0.5) is 0 Å². The van der Waals surface area contributed by atoms with Gasteiger partial charge in [-0.05, 0) is 0 Å². The Balaban J connectivity index is 2.16. The number of hydroxylamine groups is 2. The fourth-order valence-corrected chi connectivity index (χ4v) is 1.56. The molecule has 1 saturated heterocycles. The third-order valence-electron chi connectivity index (χ3n) is 1.38. The first kappa shape index (κ1) is 5.78. The van der Waals surface area contributed by atoms with Crippen molar-refractivity contribution in [3.63, 3.8) is 0 Å². The summed E-state index contributed by atoms with van der Waals surface area (Å²) in [5.41, 5.74) is 0. The third kappa shape index (κ3) is 1.06. The Hall–Kier alpha value is 0.650. The van der Waals surface area contributed by atoms with Crippen LogP contribution in [-0.4, -0.2) is 17.0 Å². The molecule has 7 heavy (non-hydrogen) atoms. The molecule has 1 aliphatic heterocycles. The molecule has 1 rings (SSSR count). The van der Waals surface area contributed by atoms with Crippen molar-refractivity contribution in [3.05, 3.63) is 5.21 Å². The first-order valence-corrected chi connectivity index (χ1v) is 3.96. The van der Waals surface area contributed by atoms with Gasteiger partial charge in [-0.15, -0.1) is 0 Å². The van der Waals surface area contributed by atoms with E-state index in [0.29, 0.717) is 11.1 Å². The second kappa shape index (κ2) is 2.28. The van der Waals surface area contributed by atoms with Crippen molar-refractivity contribution < 1.29 is 5.06 Å². The zero-order valence-electron chi connectivity index (χ0n) is 3.98. The molecular weight excluding hydrogens is 205 g/mol. The summed E-state index contributed by atoms with van der Waals surface area (Å²) in [6, 6.07) is 0.431. The van der Waals surface area contributed by atoms with E-state index in [2.05, 4.69) is 22.6 Å². The van der Waals surface area contributed by atoms with E-state index in [-0.39, 0.29) is 0 Å². The van der Waals surface area contributed by atoms with Gasteiger partial charge in [0.05, 0.1) is 17.4 Å². The molecule has 0 aromatic carbocycles. The van der Waals surface area contributed by atoms with Crippen LogP contribution in [0.25, 0.3) is 0 Å². The molecule has 42 valence electrons. The summed E-state index contributed by atoms with van der Waals surface area (Å²) < 4.78 is 1.02. The summed E-state index contributed by atoms with van der Waals surface area (Å²) in [6.45, 7) is 0.841. The fraction of sp³-hybridized carbons (Fsp3) is 1.00. The Morgan fingerprint density at radius 2 is 2.57 bits per heavy atom. The van der Waals surface area contributed by atoms with Crippen molar-refractivity contribution in [2.24, 2.45) is 0 Å². The summed E-state index contributed by atoms with van der Waals surface area (Å²) in [5, 5.41) is 10.9. The minimum Gasteiger partial charge on any atom is -0.634 e. The minimum atomic E-state index is 0.431. The van der Waals surface area contributed by atoms with Gasteiger partial charge in [-0.25, -0.2) is 0 Å². The van der Waals surface area contributed by atoms with Gasteiger partial charge in [-0.1, -0.05) is 22.6 Å². The number of quaternary nitrogens is 1. The molecule has 0 aliphatic carbocycles. The van der Waals surface area contributed by atoms with Crippen molar-refractivity contribution in [2.45, 2.75) is 12.5 Å². The van der Waals surface area contributed by atoms with Crippen LogP contribution in [0.3, 0.4) is 0 Å². The highest BCUT2D eigenvalue weighted by atomic mass is 127. The molecule has 2 nitrogen and oxygen atoms in total. The van der Waals surface area contributed by atoms with Gasteiger partial charge in [-0.2, -0.15) is 0 Å².